The maximum Gasteiger partial charge on any atom is 0.0558 e. The van der Waals surface area contributed by atoms with Gasteiger partial charge in [-0.2, -0.15) is 0 Å². The molecule has 16 heavy (non-hydrogen) atoms. The number of likely N-dealkylation sites (tertiary alicyclic amines) is 1. The molecule has 1 aliphatic rings. The molecular weight excluding hydrogens is 200 g/mol. The van der Waals surface area contributed by atoms with Crippen molar-refractivity contribution in [3.8, 4) is 0 Å². The van der Waals surface area contributed by atoms with Crippen LogP contribution < -0.4 is 0 Å². The number of rotatable bonds is 9. The van der Waals surface area contributed by atoms with Crippen LogP contribution >= 0.6 is 0 Å². The average Bonchev–Trinajstić information content (AvgIpc) is 2.79. The molecule has 1 aliphatic heterocycles. The van der Waals surface area contributed by atoms with Gasteiger partial charge in [0.25, 0.3) is 0 Å². The van der Waals surface area contributed by atoms with Gasteiger partial charge >= 0.3 is 0 Å². The lowest BCUT2D eigenvalue weighted by atomic mass is 10.3. The fourth-order valence-electron chi connectivity index (χ4n) is 2.38. The number of aliphatic hydroxyl groups excluding tert-OH is 1. The highest BCUT2D eigenvalue weighted by molar-refractivity contribution is 4.67. The van der Waals surface area contributed by atoms with Crippen LogP contribution in [0.2, 0.25) is 0 Å². The van der Waals surface area contributed by atoms with E-state index in [4.69, 9.17) is 5.11 Å². The third-order valence-corrected chi connectivity index (χ3v) is 3.39. The van der Waals surface area contributed by atoms with E-state index in [1.54, 1.807) is 0 Å². The van der Waals surface area contributed by atoms with Crippen LogP contribution in [0.5, 0.6) is 0 Å². The van der Waals surface area contributed by atoms with Crippen LogP contribution in [-0.2, 0) is 0 Å². The number of hydrogen-bond acceptors (Lipinski definition) is 3. The van der Waals surface area contributed by atoms with Crippen molar-refractivity contribution >= 4 is 0 Å². The predicted octanol–water partition coefficient (Wildman–Crippen LogP) is 1.57. The van der Waals surface area contributed by atoms with Gasteiger partial charge in [0, 0.05) is 6.54 Å². The standard InChI is InChI=1S/C13H28N2O/c1-2-3-7-15(12-13-16)11-6-10-14-8-4-5-9-14/h16H,2-13H2,1H3. The molecule has 0 aliphatic carbocycles. The molecule has 0 amide bonds. The molecule has 0 spiro atoms. The summed E-state index contributed by atoms with van der Waals surface area (Å²) in [7, 11) is 0. The Morgan fingerprint density at radius 1 is 1.06 bits per heavy atom. The first kappa shape index (κ1) is 13.9. The Kier molecular flexibility index (Phi) is 7.81. The van der Waals surface area contributed by atoms with E-state index >= 15 is 0 Å². The first-order valence-corrected chi connectivity index (χ1v) is 6.92. The predicted molar refractivity (Wildman–Crippen MR) is 68.7 cm³/mol. The van der Waals surface area contributed by atoms with Crippen LogP contribution in [0.4, 0.5) is 0 Å². The summed E-state index contributed by atoms with van der Waals surface area (Å²) in [6.07, 6.45) is 6.52. The van der Waals surface area contributed by atoms with Crippen molar-refractivity contribution in [2.75, 3.05) is 45.9 Å². The highest BCUT2D eigenvalue weighted by Crippen LogP contribution is 2.07. The molecule has 1 saturated heterocycles. The molecule has 1 rings (SSSR count). The van der Waals surface area contributed by atoms with Gasteiger partial charge in [-0.15, -0.1) is 0 Å². The minimum absolute atomic E-state index is 0.299. The molecule has 1 heterocycles. The Morgan fingerprint density at radius 2 is 1.75 bits per heavy atom. The topological polar surface area (TPSA) is 26.7 Å². The molecule has 0 aromatic carbocycles. The third kappa shape index (κ3) is 5.83. The molecule has 3 nitrogen and oxygen atoms in total. The maximum atomic E-state index is 8.99. The van der Waals surface area contributed by atoms with Crippen molar-refractivity contribution in [1.29, 1.82) is 0 Å². The molecule has 96 valence electrons. The summed E-state index contributed by atoms with van der Waals surface area (Å²) in [6.45, 7) is 9.51. The molecule has 0 unspecified atom stereocenters. The van der Waals surface area contributed by atoms with Gasteiger partial charge in [-0.25, -0.2) is 0 Å². The summed E-state index contributed by atoms with van der Waals surface area (Å²) in [5, 5.41) is 8.99. The maximum absolute atomic E-state index is 8.99. The highest BCUT2D eigenvalue weighted by atomic mass is 16.3. The molecule has 0 aromatic rings. The van der Waals surface area contributed by atoms with E-state index in [0.29, 0.717) is 6.61 Å². The number of hydrogen-bond donors (Lipinski definition) is 1. The van der Waals surface area contributed by atoms with Crippen molar-refractivity contribution < 1.29 is 5.11 Å². The SMILES string of the molecule is CCCCN(CCO)CCCN1CCCC1. The zero-order chi connectivity index (χ0) is 11.6. The number of aliphatic hydroxyl groups is 1. The summed E-state index contributed by atoms with van der Waals surface area (Å²) in [6, 6.07) is 0. The Hall–Kier alpha value is -0.120. The molecule has 3 heteroatoms. The van der Waals surface area contributed by atoms with Gasteiger partial charge in [-0.05, 0) is 58.4 Å². The fourth-order valence-corrected chi connectivity index (χ4v) is 2.38. The first-order valence-electron chi connectivity index (χ1n) is 6.92. The molecule has 0 atom stereocenters. The smallest absolute Gasteiger partial charge is 0.0558 e. The van der Waals surface area contributed by atoms with E-state index in [9.17, 15) is 0 Å². The minimum Gasteiger partial charge on any atom is -0.395 e. The fraction of sp³-hybridized carbons (Fsp3) is 1.00. The monoisotopic (exact) mass is 228 g/mol. The largest absolute Gasteiger partial charge is 0.395 e. The summed E-state index contributed by atoms with van der Waals surface area (Å²) in [4.78, 5) is 4.97. The lowest BCUT2D eigenvalue weighted by Crippen LogP contribution is -2.31. The first-order chi connectivity index (χ1) is 7.86. The molecule has 0 aromatic heterocycles. The summed E-state index contributed by atoms with van der Waals surface area (Å²) >= 11 is 0. The second-order valence-electron chi connectivity index (χ2n) is 4.82. The van der Waals surface area contributed by atoms with Gasteiger partial charge in [0.1, 0.15) is 0 Å². The van der Waals surface area contributed by atoms with Crippen molar-refractivity contribution in [2.24, 2.45) is 0 Å². The van der Waals surface area contributed by atoms with Crippen molar-refractivity contribution in [3.63, 3.8) is 0 Å². The van der Waals surface area contributed by atoms with Crippen LogP contribution in [0.3, 0.4) is 0 Å². The van der Waals surface area contributed by atoms with Crippen LogP contribution in [-0.4, -0.2) is 60.8 Å². The Balaban J connectivity index is 2.05. The van der Waals surface area contributed by atoms with E-state index in [-0.39, 0.29) is 0 Å². The summed E-state index contributed by atoms with van der Waals surface area (Å²) in [5.41, 5.74) is 0. The number of unbranched alkanes of at least 4 members (excludes halogenated alkanes) is 1. The van der Waals surface area contributed by atoms with Crippen molar-refractivity contribution in [1.82, 2.24) is 9.80 Å². The van der Waals surface area contributed by atoms with Gasteiger partial charge < -0.3 is 14.9 Å². The van der Waals surface area contributed by atoms with Gasteiger partial charge in [0.05, 0.1) is 6.61 Å². The second kappa shape index (κ2) is 8.97. The zero-order valence-electron chi connectivity index (χ0n) is 10.8. The highest BCUT2D eigenvalue weighted by Gasteiger charge is 2.11. The van der Waals surface area contributed by atoms with E-state index in [1.165, 1.54) is 51.7 Å². The van der Waals surface area contributed by atoms with E-state index < -0.39 is 0 Å². The Labute approximate surface area is 100 Å². The Morgan fingerprint density at radius 3 is 2.38 bits per heavy atom. The third-order valence-electron chi connectivity index (χ3n) is 3.39. The second-order valence-corrected chi connectivity index (χ2v) is 4.82. The molecule has 1 fully saturated rings. The van der Waals surface area contributed by atoms with Crippen LogP contribution in [0.15, 0.2) is 0 Å². The van der Waals surface area contributed by atoms with E-state index in [2.05, 4.69) is 16.7 Å². The van der Waals surface area contributed by atoms with Crippen molar-refractivity contribution in [2.45, 2.75) is 39.0 Å². The molecule has 0 radical (unpaired) electrons. The lowest BCUT2D eigenvalue weighted by molar-refractivity contribution is 0.185. The average molecular weight is 228 g/mol. The minimum atomic E-state index is 0.299. The lowest BCUT2D eigenvalue weighted by Gasteiger charge is -2.22. The van der Waals surface area contributed by atoms with Crippen LogP contribution in [0, 0.1) is 0 Å². The summed E-state index contributed by atoms with van der Waals surface area (Å²) < 4.78 is 0. The normalized spacial score (nSPS) is 17.4. The van der Waals surface area contributed by atoms with Crippen LogP contribution in [0.25, 0.3) is 0 Å². The van der Waals surface area contributed by atoms with Gasteiger partial charge in [-0.1, -0.05) is 13.3 Å². The van der Waals surface area contributed by atoms with Gasteiger partial charge in [0.2, 0.25) is 0 Å². The zero-order valence-corrected chi connectivity index (χ0v) is 10.8. The quantitative estimate of drug-likeness (QED) is 0.649. The summed E-state index contributed by atoms with van der Waals surface area (Å²) in [5.74, 6) is 0. The number of nitrogens with zero attached hydrogens (tertiary/aromatic N) is 2. The van der Waals surface area contributed by atoms with E-state index in [1.807, 2.05) is 0 Å². The van der Waals surface area contributed by atoms with Gasteiger partial charge in [0.15, 0.2) is 0 Å². The molecule has 0 bridgehead atoms. The van der Waals surface area contributed by atoms with Gasteiger partial charge in [-0.3, -0.25) is 0 Å². The Bertz CT molecular complexity index is 158. The molecule has 1 N–H and O–H groups in total. The van der Waals surface area contributed by atoms with E-state index in [0.717, 1.165) is 19.6 Å². The van der Waals surface area contributed by atoms with Crippen LogP contribution in [0.1, 0.15) is 39.0 Å². The van der Waals surface area contributed by atoms with Crippen molar-refractivity contribution in [3.05, 3.63) is 0 Å². The molecular formula is C13H28N2O. The molecule has 0 saturated carbocycles.